The van der Waals surface area contributed by atoms with Crippen LogP contribution in [0.2, 0.25) is 0 Å². The molecule has 1 amide bonds. The minimum absolute atomic E-state index is 0.0130. The SMILES string of the molecule is Cc1c(CC(=O)c2cccc(C#N)c2)cnc2c1c([C@@H]1CCN(C(=O)C3CCCC3)C[C@@H]1C)cn2C. The Labute approximate surface area is 212 Å². The molecule has 2 atom stereocenters. The first-order chi connectivity index (χ1) is 17.4. The van der Waals surface area contributed by atoms with Crippen molar-refractivity contribution in [2.75, 3.05) is 13.1 Å². The Morgan fingerprint density at radius 3 is 2.69 bits per heavy atom. The van der Waals surface area contributed by atoms with E-state index in [1.165, 1.54) is 18.4 Å². The molecule has 0 bridgehead atoms. The molecule has 3 heterocycles. The third-order valence-corrected chi connectivity index (χ3v) is 8.36. The fourth-order valence-corrected chi connectivity index (χ4v) is 6.31. The van der Waals surface area contributed by atoms with Crippen LogP contribution in [0.4, 0.5) is 0 Å². The molecule has 0 spiro atoms. The summed E-state index contributed by atoms with van der Waals surface area (Å²) in [5.74, 6) is 1.27. The number of aryl methyl sites for hydroxylation is 2. The molecule has 0 unspecified atom stereocenters. The summed E-state index contributed by atoms with van der Waals surface area (Å²) in [6.45, 7) is 5.96. The Kier molecular flexibility index (Phi) is 6.66. The Bertz CT molecular complexity index is 1360. The molecule has 2 aromatic heterocycles. The van der Waals surface area contributed by atoms with Gasteiger partial charge in [0.05, 0.1) is 11.6 Å². The number of ketones is 1. The fraction of sp³-hybridized carbons (Fsp3) is 0.467. The van der Waals surface area contributed by atoms with Crippen molar-refractivity contribution in [2.24, 2.45) is 18.9 Å². The van der Waals surface area contributed by atoms with Gasteiger partial charge in [0.15, 0.2) is 5.78 Å². The van der Waals surface area contributed by atoms with Gasteiger partial charge in [0, 0.05) is 55.8 Å². The van der Waals surface area contributed by atoms with Gasteiger partial charge in [-0.3, -0.25) is 9.59 Å². The van der Waals surface area contributed by atoms with E-state index in [1.807, 2.05) is 13.2 Å². The van der Waals surface area contributed by atoms with E-state index in [0.717, 1.165) is 54.5 Å². The van der Waals surface area contributed by atoms with Crippen LogP contribution in [0.5, 0.6) is 0 Å². The molecule has 1 aliphatic carbocycles. The number of likely N-dealkylation sites (tertiary alicyclic amines) is 1. The number of hydrogen-bond donors (Lipinski definition) is 0. The summed E-state index contributed by atoms with van der Waals surface area (Å²) in [5, 5.41) is 10.3. The normalized spacial score (nSPS) is 20.6. The number of carbonyl (C=O) groups is 2. The van der Waals surface area contributed by atoms with Crippen LogP contribution in [0.25, 0.3) is 11.0 Å². The summed E-state index contributed by atoms with van der Waals surface area (Å²) < 4.78 is 2.09. The molecular formula is C30H34N4O2. The maximum Gasteiger partial charge on any atom is 0.225 e. The highest BCUT2D eigenvalue weighted by Crippen LogP contribution is 2.40. The predicted octanol–water partition coefficient (Wildman–Crippen LogP) is 5.32. The number of amides is 1. The highest BCUT2D eigenvalue weighted by molar-refractivity contribution is 5.98. The summed E-state index contributed by atoms with van der Waals surface area (Å²) in [6.07, 6.45) is 9.66. The Hall–Kier alpha value is -3.46. The summed E-state index contributed by atoms with van der Waals surface area (Å²) in [4.78, 5) is 32.9. The van der Waals surface area contributed by atoms with Gasteiger partial charge in [-0.05, 0) is 66.8 Å². The van der Waals surface area contributed by atoms with Crippen LogP contribution in [0, 0.1) is 30.1 Å². The zero-order chi connectivity index (χ0) is 25.4. The number of nitrogens with zero attached hydrogens (tertiary/aromatic N) is 4. The first-order valence-corrected chi connectivity index (χ1v) is 13.1. The van der Waals surface area contributed by atoms with Gasteiger partial charge in [-0.25, -0.2) is 4.98 Å². The van der Waals surface area contributed by atoms with Gasteiger partial charge >= 0.3 is 0 Å². The van der Waals surface area contributed by atoms with E-state index in [4.69, 9.17) is 4.98 Å². The van der Waals surface area contributed by atoms with E-state index < -0.39 is 0 Å². The summed E-state index contributed by atoms with van der Waals surface area (Å²) in [7, 11) is 2.03. The quantitative estimate of drug-likeness (QED) is 0.461. The molecule has 186 valence electrons. The molecule has 6 heteroatoms. The van der Waals surface area contributed by atoms with E-state index in [1.54, 1.807) is 24.3 Å². The molecule has 1 saturated carbocycles. The van der Waals surface area contributed by atoms with Gasteiger partial charge < -0.3 is 9.47 Å². The average Bonchev–Trinajstić information content (AvgIpc) is 3.54. The van der Waals surface area contributed by atoms with Crippen LogP contribution in [0.15, 0.2) is 36.7 Å². The molecule has 0 radical (unpaired) electrons. The van der Waals surface area contributed by atoms with Crippen molar-refractivity contribution in [3.05, 3.63) is 64.5 Å². The minimum Gasteiger partial charge on any atom is -0.342 e. The molecule has 2 aliphatic rings. The number of fused-ring (bicyclic) bond motifs is 1. The van der Waals surface area contributed by atoms with Crippen LogP contribution in [0.1, 0.15) is 77.6 Å². The molecule has 1 aliphatic heterocycles. The first kappa shape index (κ1) is 24.2. The monoisotopic (exact) mass is 482 g/mol. The van der Waals surface area contributed by atoms with Crippen molar-refractivity contribution in [1.29, 1.82) is 5.26 Å². The molecule has 6 nitrogen and oxygen atoms in total. The van der Waals surface area contributed by atoms with Crippen molar-refractivity contribution in [2.45, 2.75) is 58.3 Å². The van der Waals surface area contributed by atoms with E-state index >= 15 is 0 Å². The highest BCUT2D eigenvalue weighted by Gasteiger charge is 2.35. The number of nitriles is 1. The first-order valence-electron chi connectivity index (χ1n) is 13.1. The van der Waals surface area contributed by atoms with Crippen molar-refractivity contribution >= 4 is 22.7 Å². The van der Waals surface area contributed by atoms with E-state index in [-0.39, 0.29) is 18.1 Å². The molecule has 0 N–H and O–H groups in total. The number of rotatable bonds is 5. The van der Waals surface area contributed by atoms with Crippen molar-refractivity contribution in [3.63, 3.8) is 0 Å². The smallest absolute Gasteiger partial charge is 0.225 e. The largest absolute Gasteiger partial charge is 0.342 e. The van der Waals surface area contributed by atoms with Crippen molar-refractivity contribution in [3.8, 4) is 6.07 Å². The minimum atomic E-state index is -0.0130. The zero-order valence-corrected chi connectivity index (χ0v) is 21.5. The Morgan fingerprint density at radius 1 is 1.19 bits per heavy atom. The number of aromatic nitrogens is 2. The number of Topliss-reactive ketones (excluding diaryl/α,β-unsaturated/α-hetero) is 1. The number of carbonyl (C=O) groups excluding carboxylic acids is 2. The maximum absolute atomic E-state index is 13.0. The number of piperidine rings is 1. The van der Waals surface area contributed by atoms with Gasteiger partial charge in [0.1, 0.15) is 5.65 Å². The summed E-state index contributed by atoms with van der Waals surface area (Å²) in [5.41, 5.74) is 5.26. The van der Waals surface area contributed by atoms with Gasteiger partial charge in [0.2, 0.25) is 5.91 Å². The third-order valence-electron chi connectivity index (χ3n) is 8.36. The molecule has 1 saturated heterocycles. The van der Waals surface area contributed by atoms with E-state index in [2.05, 4.69) is 35.6 Å². The number of pyridine rings is 1. The molecule has 36 heavy (non-hydrogen) atoms. The standard InChI is InChI=1S/C30H34N4O2/c1-19-17-34(30(36)22-8-4-5-9-22)12-11-25(19)26-18-33(3)29-28(26)20(2)24(16-32-29)14-27(35)23-10-6-7-21(13-23)15-31/h6-7,10,13,16,18-19,22,25H,4-5,8-9,11-12,14,17H2,1-3H3/t19-,25+/m0/s1. The van der Waals surface area contributed by atoms with Crippen LogP contribution < -0.4 is 0 Å². The topological polar surface area (TPSA) is 79.0 Å². The lowest BCUT2D eigenvalue weighted by atomic mass is 9.80. The second-order valence-electron chi connectivity index (χ2n) is 10.7. The zero-order valence-electron chi connectivity index (χ0n) is 21.5. The summed E-state index contributed by atoms with van der Waals surface area (Å²) in [6, 6.07) is 8.98. The lowest BCUT2D eigenvalue weighted by Gasteiger charge is -2.38. The summed E-state index contributed by atoms with van der Waals surface area (Å²) >= 11 is 0. The molecule has 3 aromatic rings. The van der Waals surface area contributed by atoms with Crippen molar-refractivity contribution in [1.82, 2.24) is 14.5 Å². The maximum atomic E-state index is 13.0. The predicted molar refractivity (Wildman–Crippen MR) is 140 cm³/mol. The second-order valence-corrected chi connectivity index (χ2v) is 10.7. The van der Waals surface area contributed by atoms with Gasteiger partial charge in [-0.1, -0.05) is 31.9 Å². The van der Waals surface area contributed by atoms with Crippen LogP contribution in [-0.2, 0) is 18.3 Å². The molecular weight excluding hydrogens is 448 g/mol. The van der Waals surface area contributed by atoms with E-state index in [9.17, 15) is 14.9 Å². The highest BCUT2D eigenvalue weighted by atomic mass is 16.2. The van der Waals surface area contributed by atoms with E-state index in [0.29, 0.717) is 28.9 Å². The molecule has 1 aromatic carbocycles. The van der Waals surface area contributed by atoms with Crippen LogP contribution >= 0.6 is 0 Å². The number of benzene rings is 1. The third kappa shape index (κ3) is 4.43. The Morgan fingerprint density at radius 2 is 1.97 bits per heavy atom. The second kappa shape index (κ2) is 9.89. The van der Waals surface area contributed by atoms with Crippen molar-refractivity contribution < 1.29 is 9.59 Å². The van der Waals surface area contributed by atoms with Gasteiger partial charge in [-0.15, -0.1) is 0 Å². The number of hydrogen-bond acceptors (Lipinski definition) is 4. The fourth-order valence-electron chi connectivity index (χ4n) is 6.31. The Balaban J connectivity index is 1.40. The molecule has 2 fully saturated rings. The average molecular weight is 483 g/mol. The van der Waals surface area contributed by atoms with Crippen LogP contribution in [0.3, 0.4) is 0 Å². The molecule has 5 rings (SSSR count). The lowest BCUT2D eigenvalue weighted by molar-refractivity contribution is -0.137. The lowest BCUT2D eigenvalue weighted by Crippen LogP contribution is -2.44. The van der Waals surface area contributed by atoms with Crippen LogP contribution in [-0.4, -0.2) is 39.2 Å². The van der Waals surface area contributed by atoms with Gasteiger partial charge in [0.25, 0.3) is 0 Å². The van der Waals surface area contributed by atoms with Gasteiger partial charge in [-0.2, -0.15) is 5.26 Å².